The van der Waals surface area contributed by atoms with E-state index in [1.54, 1.807) is 24.3 Å². The van der Waals surface area contributed by atoms with E-state index in [1.165, 1.54) is 0 Å². The van der Waals surface area contributed by atoms with Gasteiger partial charge >= 0.3 is 0 Å². The molecular weight excluding hydrogens is 210 g/mol. The molecule has 0 aliphatic heterocycles. The van der Waals surface area contributed by atoms with Crippen molar-refractivity contribution >= 4 is 10.8 Å². The summed E-state index contributed by atoms with van der Waals surface area (Å²) < 4.78 is 16.5. The quantitative estimate of drug-likeness (QED) is 0.763. The van der Waals surface area contributed by atoms with Crippen molar-refractivity contribution in [1.29, 1.82) is 5.26 Å². The third-order valence-electron chi connectivity index (χ3n) is 1.89. The van der Waals surface area contributed by atoms with Gasteiger partial charge in [-0.1, -0.05) is 6.92 Å². The Bertz CT molecular complexity index is 367. The second kappa shape index (κ2) is 6.20. The summed E-state index contributed by atoms with van der Waals surface area (Å²) in [5, 5.41) is 8.58. The van der Waals surface area contributed by atoms with E-state index in [2.05, 4.69) is 0 Å². The molecule has 0 fully saturated rings. The van der Waals surface area contributed by atoms with Gasteiger partial charge in [-0.05, 0) is 24.3 Å². The minimum absolute atomic E-state index is 0.451. The van der Waals surface area contributed by atoms with Crippen LogP contribution in [0.5, 0.6) is 5.75 Å². The lowest BCUT2D eigenvalue weighted by Gasteiger charge is -2.04. The van der Waals surface area contributed by atoms with Gasteiger partial charge in [-0.25, -0.2) is 0 Å². The van der Waals surface area contributed by atoms with Crippen LogP contribution in [-0.4, -0.2) is 22.3 Å². The van der Waals surface area contributed by atoms with Crippen molar-refractivity contribution < 1.29 is 8.95 Å². The number of hydrogen-bond acceptors (Lipinski definition) is 3. The average Bonchev–Trinajstić information content (AvgIpc) is 2.29. The Balaban J connectivity index is 2.38. The molecule has 0 saturated heterocycles. The van der Waals surface area contributed by atoms with Crippen LogP contribution in [0.4, 0.5) is 0 Å². The molecular formula is C11H13NO2S. The van der Waals surface area contributed by atoms with Gasteiger partial charge in [0.2, 0.25) is 0 Å². The Morgan fingerprint density at radius 3 is 2.60 bits per heavy atom. The maximum absolute atomic E-state index is 11.1. The highest BCUT2D eigenvalue weighted by Crippen LogP contribution is 2.11. The van der Waals surface area contributed by atoms with Crippen LogP contribution in [0, 0.1) is 11.3 Å². The normalized spacial score (nSPS) is 11.7. The number of nitrogens with zero attached hydrogens (tertiary/aromatic N) is 1. The van der Waals surface area contributed by atoms with Crippen LogP contribution < -0.4 is 4.74 Å². The van der Waals surface area contributed by atoms with Crippen LogP contribution in [0.3, 0.4) is 0 Å². The lowest BCUT2D eigenvalue weighted by atomic mass is 10.2. The first kappa shape index (κ1) is 11.7. The van der Waals surface area contributed by atoms with Crippen molar-refractivity contribution in [2.45, 2.75) is 6.92 Å². The van der Waals surface area contributed by atoms with Gasteiger partial charge in [-0.2, -0.15) is 5.26 Å². The zero-order chi connectivity index (χ0) is 11.1. The summed E-state index contributed by atoms with van der Waals surface area (Å²) in [6.07, 6.45) is 0. The Morgan fingerprint density at radius 2 is 2.07 bits per heavy atom. The Kier molecular flexibility index (Phi) is 4.85. The van der Waals surface area contributed by atoms with E-state index >= 15 is 0 Å². The van der Waals surface area contributed by atoms with Gasteiger partial charge in [0.05, 0.1) is 24.0 Å². The molecule has 0 aliphatic rings. The minimum atomic E-state index is -0.784. The molecule has 1 atom stereocenters. The molecule has 1 aromatic rings. The third-order valence-corrected chi connectivity index (χ3v) is 3.15. The number of rotatable bonds is 5. The van der Waals surface area contributed by atoms with Gasteiger partial charge < -0.3 is 4.74 Å². The first-order valence-electron chi connectivity index (χ1n) is 4.74. The first-order chi connectivity index (χ1) is 7.26. The molecule has 0 aliphatic carbocycles. The van der Waals surface area contributed by atoms with E-state index in [-0.39, 0.29) is 0 Å². The van der Waals surface area contributed by atoms with Gasteiger partial charge in [0.1, 0.15) is 5.75 Å². The molecule has 0 N–H and O–H groups in total. The molecule has 4 heteroatoms. The zero-order valence-corrected chi connectivity index (χ0v) is 9.42. The molecule has 15 heavy (non-hydrogen) atoms. The lowest BCUT2D eigenvalue weighted by molar-refractivity contribution is 0.342. The van der Waals surface area contributed by atoms with E-state index in [9.17, 15) is 4.21 Å². The fourth-order valence-corrected chi connectivity index (χ4v) is 1.58. The van der Waals surface area contributed by atoms with Gasteiger partial charge in [0.15, 0.2) is 0 Å². The van der Waals surface area contributed by atoms with Crippen LogP contribution in [0.25, 0.3) is 0 Å². The average molecular weight is 223 g/mol. The topological polar surface area (TPSA) is 50.1 Å². The van der Waals surface area contributed by atoms with Crippen molar-refractivity contribution in [3.05, 3.63) is 29.8 Å². The Morgan fingerprint density at radius 1 is 1.40 bits per heavy atom. The number of benzene rings is 1. The predicted octanol–water partition coefficient (Wildman–Crippen LogP) is 1.71. The summed E-state index contributed by atoms with van der Waals surface area (Å²) in [4.78, 5) is 0. The molecule has 1 aromatic carbocycles. The fraction of sp³-hybridized carbons (Fsp3) is 0.364. The third kappa shape index (κ3) is 4.13. The molecule has 0 bridgehead atoms. The summed E-state index contributed by atoms with van der Waals surface area (Å²) in [5.74, 6) is 1.93. The van der Waals surface area contributed by atoms with Crippen LogP contribution >= 0.6 is 0 Å². The summed E-state index contributed by atoms with van der Waals surface area (Å²) in [7, 11) is -0.784. The number of nitriles is 1. The second-order valence-electron chi connectivity index (χ2n) is 2.92. The lowest BCUT2D eigenvalue weighted by Crippen LogP contribution is -2.09. The first-order valence-corrected chi connectivity index (χ1v) is 6.23. The molecule has 3 nitrogen and oxygen atoms in total. The standard InChI is InChI=1S/C11H13NO2S/c1-2-15(13)8-7-14-11-5-3-10(9-12)4-6-11/h3-6H,2,7-8H2,1H3. The molecule has 0 heterocycles. The smallest absolute Gasteiger partial charge is 0.119 e. The largest absolute Gasteiger partial charge is 0.493 e. The molecule has 1 unspecified atom stereocenters. The van der Waals surface area contributed by atoms with Crippen LogP contribution in [-0.2, 0) is 10.8 Å². The van der Waals surface area contributed by atoms with Gasteiger partial charge in [-0.15, -0.1) is 0 Å². The molecule has 80 valence electrons. The van der Waals surface area contributed by atoms with Crippen molar-refractivity contribution in [2.75, 3.05) is 18.1 Å². The molecule has 0 amide bonds. The molecule has 1 rings (SSSR count). The Labute approximate surface area is 92.1 Å². The summed E-state index contributed by atoms with van der Waals surface area (Å²) in [6, 6.07) is 8.92. The summed E-state index contributed by atoms with van der Waals surface area (Å²) >= 11 is 0. The van der Waals surface area contributed by atoms with E-state index in [1.807, 2.05) is 13.0 Å². The van der Waals surface area contributed by atoms with Crippen molar-refractivity contribution in [3.8, 4) is 11.8 Å². The minimum Gasteiger partial charge on any atom is -0.493 e. The highest BCUT2D eigenvalue weighted by atomic mass is 32.2. The molecule has 0 saturated carbocycles. The van der Waals surface area contributed by atoms with E-state index in [0.29, 0.717) is 29.4 Å². The van der Waals surface area contributed by atoms with Gasteiger partial charge in [0, 0.05) is 16.6 Å². The van der Waals surface area contributed by atoms with Gasteiger partial charge in [-0.3, -0.25) is 4.21 Å². The summed E-state index contributed by atoms with van der Waals surface area (Å²) in [5.41, 5.74) is 0.611. The van der Waals surface area contributed by atoms with Crippen molar-refractivity contribution in [1.82, 2.24) is 0 Å². The van der Waals surface area contributed by atoms with Crippen LogP contribution in [0.1, 0.15) is 12.5 Å². The van der Waals surface area contributed by atoms with E-state index in [4.69, 9.17) is 10.00 Å². The maximum Gasteiger partial charge on any atom is 0.119 e. The molecule has 0 aromatic heterocycles. The molecule has 0 radical (unpaired) electrons. The number of ether oxygens (including phenoxy) is 1. The highest BCUT2D eigenvalue weighted by molar-refractivity contribution is 7.84. The Hall–Kier alpha value is -1.34. The predicted molar refractivity (Wildman–Crippen MR) is 60.2 cm³/mol. The van der Waals surface area contributed by atoms with Crippen molar-refractivity contribution in [2.24, 2.45) is 0 Å². The fourth-order valence-electron chi connectivity index (χ4n) is 1.02. The van der Waals surface area contributed by atoms with Crippen molar-refractivity contribution in [3.63, 3.8) is 0 Å². The van der Waals surface area contributed by atoms with E-state index < -0.39 is 10.8 Å². The molecule has 0 spiro atoms. The van der Waals surface area contributed by atoms with Gasteiger partial charge in [0.25, 0.3) is 0 Å². The zero-order valence-electron chi connectivity index (χ0n) is 8.60. The summed E-state index contributed by atoms with van der Waals surface area (Å²) in [6.45, 7) is 2.34. The van der Waals surface area contributed by atoms with Crippen LogP contribution in [0.2, 0.25) is 0 Å². The second-order valence-corrected chi connectivity index (χ2v) is 4.78. The SMILES string of the molecule is CCS(=O)CCOc1ccc(C#N)cc1. The number of hydrogen-bond donors (Lipinski definition) is 0. The van der Waals surface area contributed by atoms with Crippen LogP contribution in [0.15, 0.2) is 24.3 Å². The highest BCUT2D eigenvalue weighted by Gasteiger charge is 1.97. The maximum atomic E-state index is 11.1. The van der Waals surface area contributed by atoms with E-state index in [0.717, 1.165) is 0 Å². The monoisotopic (exact) mass is 223 g/mol.